The van der Waals surface area contributed by atoms with Crippen LogP contribution in [0.2, 0.25) is 39.3 Å². The van der Waals surface area contributed by atoms with E-state index >= 15 is 0 Å². The van der Waals surface area contributed by atoms with Gasteiger partial charge in [0.15, 0.2) is 16.6 Å². The van der Waals surface area contributed by atoms with E-state index in [0.717, 1.165) is 0 Å². The summed E-state index contributed by atoms with van der Waals surface area (Å²) >= 11 is 0. The Morgan fingerprint density at radius 1 is 0.750 bits per heavy atom. The van der Waals surface area contributed by atoms with Crippen LogP contribution in [0.5, 0.6) is 0 Å². The number of aryl methyl sites for hydroxylation is 1. The van der Waals surface area contributed by atoms with Crippen molar-refractivity contribution in [3.8, 4) is 0 Å². The highest BCUT2D eigenvalue weighted by atomic mass is 28.4. The molecule has 1 aromatic carbocycles. The minimum absolute atomic E-state index is 1.23. The molecule has 1 aromatic rings. The van der Waals surface area contributed by atoms with Crippen LogP contribution in [0.25, 0.3) is 0 Å². The van der Waals surface area contributed by atoms with Crippen molar-refractivity contribution in [1.82, 2.24) is 0 Å². The van der Waals surface area contributed by atoms with Crippen molar-refractivity contribution in [3.63, 3.8) is 0 Å². The Bertz CT molecular complexity index is 271. The molecule has 0 heterocycles. The van der Waals surface area contributed by atoms with E-state index in [2.05, 4.69) is 58.3 Å². The van der Waals surface area contributed by atoms with Crippen molar-refractivity contribution in [3.05, 3.63) is 35.9 Å². The van der Waals surface area contributed by atoms with Gasteiger partial charge in [-0.1, -0.05) is 35.9 Å². The third kappa shape index (κ3) is 11.7. The molecule has 0 bridgehead atoms. The van der Waals surface area contributed by atoms with Crippen LogP contribution in [0.4, 0.5) is 0 Å². The second-order valence-electron chi connectivity index (χ2n) is 5.98. The van der Waals surface area contributed by atoms with Gasteiger partial charge >= 0.3 is 0 Å². The van der Waals surface area contributed by atoms with Gasteiger partial charge in [0.25, 0.3) is 0 Å². The standard InChI is InChI=1S/C7H8.C6H18OSi2/c1-7-5-3-2-4-6-7;1-8(2,3)7-9(4,5)6/h2-6H,1H3;1-6H3. The molecule has 0 saturated heterocycles. The molecule has 92 valence electrons. The van der Waals surface area contributed by atoms with Crippen LogP contribution < -0.4 is 0 Å². The summed E-state index contributed by atoms with van der Waals surface area (Å²) in [6.45, 7) is 15.5. The molecule has 0 radical (unpaired) electrons. The first-order valence-electron chi connectivity index (χ1n) is 5.82. The predicted octanol–water partition coefficient (Wildman–Crippen LogP) is 4.67. The van der Waals surface area contributed by atoms with Gasteiger partial charge in [-0.25, -0.2) is 0 Å². The van der Waals surface area contributed by atoms with Crippen LogP contribution in [0.15, 0.2) is 30.3 Å². The van der Waals surface area contributed by atoms with Crippen molar-refractivity contribution in [1.29, 1.82) is 0 Å². The van der Waals surface area contributed by atoms with E-state index in [1.807, 2.05) is 18.2 Å². The summed E-state index contributed by atoms with van der Waals surface area (Å²) in [6.07, 6.45) is 0. The second kappa shape index (κ2) is 6.37. The first-order chi connectivity index (χ1) is 7.10. The van der Waals surface area contributed by atoms with Gasteiger partial charge in [-0.3, -0.25) is 0 Å². The molecule has 1 nitrogen and oxygen atoms in total. The maximum atomic E-state index is 5.90. The highest BCUT2D eigenvalue weighted by Gasteiger charge is 2.24. The summed E-state index contributed by atoms with van der Waals surface area (Å²) in [5, 5.41) is 0. The van der Waals surface area contributed by atoms with E-state index in [9.17, 15) is 0 Å². The molecule has 1 rings (SSSR count). The maximum Gasteiger partial charge on any atom is 0.170 e. The van der Waals surface area contributed by atoms with E-state index in [1.165, 1.54) is 5.56 Å². The van der Waals surface area contributed by atoms with Crippen LogP contribution in [-0.4, -0.2) is 16.6 Å². The first-order valence-corrected chi connectivity index (χ1v) is 12.6. The lowest BCUT2D eigenvalue weighted by molar-refractivity contribution is 0.559. The fourth-order valence-electron chi connectivity index (χ4n) is 1.45. The number of hydrogen-bond donors (Lipinski definition) is 0. The molecule has 16 heavy (non-hydrogen) atoms. The van der Waals surface area contributed by atoms with Crippen molar-refractivity contribution < 1.29 is 4.12 Å². The van der Waals surface area contributed by atoms with Gasteiger partial charge in [0.1, 0.15) is 0 Å². The van der Waals surface area contributed by atoms with Gasteiger partial charge in [-0.15, -0.1) is 0 Å². The Morgan fingerprint density at radius 3 is 1.25 bits per heavy atom. The fourth-order valence-corrected chi connectivity index (χ4v) is 8.80. The van der Waals surface area contributed by atoms with Crippen molar-refractivity contribution in [2.75, 3.05) is 0 Å². The van der Waals surface area contributed by atoms with Crippen LogP contribution in [0.1, 0.15) is 5.56 Å². The number of rotatable bonds is 2. The Labute approximate surface area is 103 Å². The number of benzene rings is 1. The second-order valence-corrected chi connectivity index (χ2v) is 15.2. The zero-order valence-corrected chi connectivity index (χ0v) is 13.8. The molecule has 0 atom stereocenters. The molecule has 0 fully saturated rings. The minimum atomic E-state index is -1.23. The van der Waals surface area contributed by atoms with Gasteiger partial charge in [0, 0.05) is 0 Å². The fraction of sp³-hybridized carbons (Fsp3) is 0.538. The van der Waals surface area contributed by atoms with E-state index in [0.29, 0.717) is 0 Å². The van der Waals surface area contributed by atoms with Crippen LogP contribution in [0.3, 0.4) is 0 Å². The van der Waals surface area contributed by atoms with E-state index in [1.54, 1.807) is 0 Å². The Morgan fingerprint density at radius 2 is 1.12 bits per heavy atom. The Hall–Kier alpha value is -0.386. The lowest BCUT2D eigenvalue weighted by Crippen LogP contribution is -2.39. The maximum absolute atomic E-state index is 5.90. The quantitative estimate of drug-likeness (QED) is 0.697. The SMILES string of the molecule is C[Si](C)(C)O[Si](C)(C)C.Cc1ccccc1. The topological polar surface area (TPSA) is 9.23 Å². The molecule has 0 saturated carbocycles. The molecule has 0 aliphatic rings. The van der Waals surface area contributed by atoms with Gasteiger partial charge < -0.3 is 4.12 Å². The summed E-state index contributed by atoms with van der Waals surface area (Å²) in [7, 11) is -2.46. The largest absolute Gasteiger partial charge is 0.456 e. The zero-order valence-electron chi connectivity index (χ0n) is 11.8. The molecule has 3 heteroatoms. The van der Waals surface area contributed by atoms with Gasteiger partial charge in [-0.05, 0) is 46.2 Å². The summed E-state index contributed by atoms with van der Waals surface area (Å²) in [4.78, 5) is 0. The highest BCUT2D eigenvalue weighted by Crippen LogP contribution is 2.12. The minimum Gasteiger partial charge on any atom is -0.456 e. The van der Waals surface area contributed by atoms with Crippen LogP contribution in [0, 0.1) is 6.92 Å². The third-order valence-corrected chi connectivity index (χ3v) is 6.45. The van der Waals surface area contributed by atoms with E-state index in [-0.39, 0.29) is 0 Å². The van der Waals surface area contributed by atoms with E-state index < -0.39 is 16.6 Å². The number of hydrogen-bond acceptors (Lipinski definition) is 1. The lowest BCUT2D eigenvalue weighted by Gasteiger charge is -2.27. The molecular formula is C13H26OSi2. The van der Waals surface area contributed by atoms with Crippen LogP contribution >= 0.6 is 0 Å². The highest BCUT2D eigenvalue weighted by molar-refractivity contribution is 6.83. The van der Waals surface area contributed by atoms with Crippen molar-refractivity contribution in [2.45, 2.75) is 46.2 Å². The first kappa shape index (κ1) is 15.6. The molecule has 0 spiro atoms. The van der Waals surface area contributed by atoms with Crippen LogP contribution in [-0.2, 0) is 4.12 Å². The lowest BCUT2D eigenvalue weighted by atomic mass is 10.2. The normalized spacial score (nSPS) is 11.7. The van der Waals surface area contributed by atoms with Crippen molar-refractivity contribution in [2.24, 2.45) is 0 Å². The summed E-state index contributed by atoms with van der Waals surface area (Å²) < 4.78 is 5.90. The molecule has 0 amide bonds. The molecule has 0 unspecified atom stereocenters. The van der Waals surface area contributed by atoms with E-state index in [4.69, 9.17) is 4.12 Å². The zero-order chi connectivity index (χ0) is 12.8. The Kier molecular flexibility index (Phi) is 6.22. The average molecular weight is 255 g/mol. The average Bonchev–Trinajstić information content (AvgIpc) is 1.99. The van der Waals surface area contributed by atoms with Gasteiger partial charge in [0.2, 0.25) is 0 Å². The molecule has 0 aliphatic carbocycles. The summed E-state index contributed by atoms with van der Waals surface area (Å²) in [5.74, 6) is 0. The third-order valence-electron chi connectivity index (χ3n) is 1.55. The predicted molar refractivity (Wildman–Crippen MR) is 79.0 cm³/mol. The van der Waals surface area contributed by atoms with Gasteiger partial charge in [0.05, 0.1) is 0 Å². The molecule has 0 N–H and O–H groups in total. The summed E-state index contributed by atoms with van der Waals surface area (Å²) in [5.41, 5.74) is 1.32. The summed E-state index contributed by atoms with van der Waals surface area (Å²) in [6, 6.07) is 10.3. The monoisotopic (exact) mass is 254 g/mol. The molecule has 0 aliphatic heterocycles. The van der Waals surface area contributed by atoms with Crippen molar-refractivity contribution >= 4 is 16.6 Å². The molecule has 0 aromatic heterocycles. The Balaban J connectivity index is 0.000000288. The van der Waals surface area contributed by atoms with Gasteiger partial charge in [-0.2, -0.15) is 0 Å². The molecular weight excluding hydrogens is 228 g/mol. The smallest absolute Gasteiger partial charge is 0.170 e.